The fourth-order valence-electron chi connectivity index (χ4n) is 2.35. The van der Waals surface area contributed by atoms with Crippen molar-refractivity contribution in [3.8, 4) is 0 Å². The van der Waals surface area contributed by atoms with Crippen molar-refractivity contribution >= 4 is 46.6 Å². The summed E-state index contributed by atoms with van der Waals surface area (Å²) in [7, 11) is 0. The van der Waals surface area contributed by atoms with Crippen molar-refractivity contribution in [3.05, 3.63) is 78.8 Å². The average molecular weight is 377 g/mol. The van der Waals surface area contributed by atoms with Crippen molar-refractivity contribution in [1.82, 2.24) is 0 Å². The zero-order chi connectivity index (χ0) is 18.1. The Morgan fingerprint density at radius 3 is 2.64 bits per heavy atom. The smallest absolute Gasteiger partial charge is 0.312 e. The van der Waals surface area contributed by atoms with E-state index < -0.39 is 10.9 Å². The Labute approximate surface area is 152 Å². The van der Waals surface area contributed by atoms with Crippen LogP contribution in [-0.4, -0.2) is 16.6 Å². The molecule has 0 amide bonds. The number of carbonyl (C=O) groups is 1. The van der Waals surface area contributed by atoms with Crippen LogP contribution in [0.5, 0.6) is 0 Å². The first-order chi connectivity index (χ1) is 11.9. The minimum Gasteiger partial charge on any atom is -0.312 e. The third-order valence-electron chi connectivity index (χ3n) is 3.64. The van der Waals surface area contributed by atoms with Crippen molar-refractivity contribution in [1.29, 1.82) is 0 Å². The summed E-state index contributed by atoms with van der Waals surface area (Å²) in [6.07, 6.45) is 1.51. The number of halogens is 2. The van der Waals surface area contributed by atoms with E-state index >= 15 is 0 Å². The third-order valence-corrected chi connectivity index (χ3v) is 4.20. The summed E-state index contributed by atoms with van der Waals surface area (Å²) in [6.45, 7) is 1.63. The Morgan fingerprint density at radius 2 is 1.96 bits per heavy atom. The highest BCUT2D eigenvalue weighted by atomic mass is 35.5. The molecule has 126 valence electrons. The Kier molecular flexibility index (Phi) is 4.57. The summed E-state index contributed by atoms with van der Waals surface area (Å²) >= 11 is 12.0. The van der Waals surface area contributed by atoms with Crippen LogP contribution < -0.4 is 0 Å². The van der Waals surface area contributed by atoms with E-state index in [0.717, 1.165) is 0 Å². The summed E-state index contributed by atoms with van der Waals surface area (Å²) in [5, 5.41) is 15.7. The third kappa shape index (κ3) is 3.40. The minimum atomic E-state index is -0.663. The highest BCUT2D eigenvalue weighted by molar-refractivity contribution is 6.36. The Balaban J connectivity index is 2.07. The van der Waals surface area contributed by atoms with Gasteiger partial charge in [-0.25, -0.2) is 4.79 Å². The van der Waals surface area contributed by atoms with Crippen molar-refractivity contribution in [2.24, 2.45) is 5.16 Å². The van der Waals surface area contributed by atoms with Crippen LogP contribution in [0.1, 0.15) is 16.7 Å². The van der Waals surface area contributed by atoms with E-state index in [9.17, 15) is 14.9 Å². The van der Waals surface area contributed by atoms with E-state index in [1.54, 1.807) is 37.3 Å². The second-order valence-corrected chi connectivity index (χ2v) is 6.14. The molecule has 3 rings (SSSR count). The molecule has 0 saturated carbocycles. The molecule has 0 aliphatic carbocycles. The molecule has 0 spiro atoms. The maximum Gasteiger partial charge on any atom is 0.368 e. The van der Waals surface area contributed by atoms with E-state index in [2.05, 4.69) is 5.16 Å². The van der Waals surface area contributed by atoms with Gasteiger partial charge < -0.3 is 4.84 Å². The molecular weight excluding hydrogens is 367 g/mol. The standard InChI is InChI=1S/C17H10Cl2N2O4/c1-9-2-3-11(7-15(9)21(23)24)16-13(17(22)25-20-16)6-10-4-5-12(18)8-14(10)19/h2-8H,1H3/b13-6+. The number of rotatable bonds is 3. The molecule has 0 fully saturated rings. The van der Waals surface area contributed by atoms with Gasteiger partial charge in [0, 0.05) is 27.2 Å². The topological polar surface area (TPSA) is 81.8 Å². The first-order valence-electron chi connectivity index (χ1n) is 7.08. The van der Waals surface area contributed by atoms with Crippen LogP contribution in [0, 0.1) is 17.0 Å². The lowest BCUT2D eigenvalue weighted by Gasteiger charge is -2.04. The highest BCUT2D eigenvalue weighted by Gasteiger charge is 2.28. The van der Waals surface area contributed by atoms with Gasteiger partial charge in [0.05, 0.1) is 10.5 Å². The molecule has 1 aliphatic heterocycles. The van der Waals surface area contributed by atoms with Gasteiger partial charge in [0.25, 0.3) is 5.69 Å². The normalized spacial score (nSPS) is 15.2. The zero-order valence-electron chi connectivity index (χ0n) is 12.8. The molecule has 6 nitrogen and oxygen atoms in total. The zero-order valence-corrected chi connectivity index (χ0v) is 14.3. The number of hydrogen-bond acceptors (Lipinski definition) is 5. The highest BCUT2D eigenvalue weighted by Crippen LogP contribution is 2.28. The van der Waals surface area contributed by atoms with Crippen molar-refractivity contribution in [2.45, 2.75) is 6.92 Å². The van der Waals surface area contributed by atoms with Gasteiger partial charge in [0.2, 0.25) is 0 Å². The number of aryl methyl sites for hydroxylation is 1. The van der Waals surface area contributed by atoms with Gasteiger partial charge >= 0.3 is 5.97 Å². The first kappa shape index (κ1) is 17.1. The summed E-state index contributed by atoms with van der Waals surface area (Å²) in [4.78, 5) is 27.4. The molecule has 0 atom stereocenters. The molecule has 0 radical (unpaired) electrons. The number of hydrogen-bond donors (Lipinski definition) is 0. The summed E-state index contributed by atoms with van der Waals surface area (Å²) in [5.41, 5.74) is 1.75. The number of oxime groups is 1. The van der Waals surface area contributed by atoms with Gasteiger partial charge in [0.15, 0.2) is 0 Å². The second-order valence-electron chi connectivity index (χ2n) is 5.30. The lowest BCUT2D eigenvalue weighted by Crippen LogP contribution is -2.07. The number of carbonyl (C=O) groups excluding carboxylic acids is 1. The van der Waals surface area contributed by atoms with Crippen LogP contribution >= 0.6 is 23.2 Å². The Bertz CT molecular complexity index is 967. The van der Waals surface area contributed by atoms with E-state index in [4.69, 9.17) is 28.0 Å². The molecule has 1 heterocycles. The predicted octanol–water partition coefficient (Wildman–Crippen LogP) is 4.55. The first-order valence-corrected chi connectivity index (χ1v) is 7.84. The van der Waals surface area contributed by atoms with Crippen molar-refractivity contribution in [3.63, 3.8) is 0 Å². The second kappa shape index (κ2) is 6.66. The fourth-order valence-corrected chi connectivity index (χ4v) is 2.81. The molecule has 0 bridgehead atoms. The monoisotopic (exact) mass is 376 g/mol. The van der Waals surface area contributed by atoms with Gasteiger partial charge in [-0.2, -0.15) is 0 Å². The van der Waals surface area contributed by atoms with Crippen LogP contribution in [0.3, 0.4) is 0 Å². The number of nitrogens with zero attached hydrogens (tertiary/aromatic N) is 2. The summed E-state index contributed by atoms with van der Waals surface area (Å²) in [6, 6.07) is 9.41. The van der Waals surface area contributed by atoms with Gasteiger partial charge in [0.1, 0.15) is 5.71 Å². The minimum absolute atomic E-state index is 0.0663. The van der Waals surface area contributed by atoms with Gasteiger partial charge in [-0.05, 0) is 30.7 Å². The van der Waals surface area contributed by atoms with Crippen molar-refractivity contribution in [2.75, 3.05) is 0 Å². The molecule has 0 unspecified atom stereocenters. The molecule has 0 aromatic heterocycles. The molecule has 8 heteroatoms. The Hall–Kier alpha value is -2.70. The number of nitro groups is 1. The van der Waals surface area contributed by atoms with E-state index in [1.165, 1.54) is 12.1 Å². The van der Waals surface area contributed by atoms with Crippen LogP contribution in [-0.2, 0) is 9.63 Å². The molecule has 2 aromatic carbocycles. The Morgan fingerprint density at radius 1 is 1.20 bits per heavy atom. The summed E-state index contributed by atoms with van der Waals surface area (Å²) < 4.78 is 0. The quantitative estimate of drug-likeness (QED) is 0.340. The van der Waals surface area contributed by atoms with E-state index in [-0.39, 0.29) is 17.0 Å². The van der Waals surface area contributed by atoms with Crippen molar-refractivity contribution < 1.29 is 14.6 Å². The molecule has 2 aromatic rings. The molecular formula is C17H10Cl2N2O4. The summed E-state index contributed by atoms with van der Waals surface area (Å²) in [5.74, 6) is -0.663. The number of nitro benzene ring substituents is 1. The van der Waals surface area contributed by atoms with Crippen LogP contribution in [0.25, 0.3) is 6.08 Å². The molecule has 0 saturated heterocycles. The van der Waals surface area contributed by atoms with E-state index in [0.29, 0.717) is 26.7 Å². The largest absolute Gasteiger partial charge is 0.368 e. The molecule has 1 aliphatic rings. The maximum atomic E-state index is 12.0. The molecule has 25 heavy (non-hydrogen) atoms. The van der Waals surface area contributed by atoms with Crippen LogP contribution in [0.4, 0.5) is 5.69 Å². The maximum absolute atomic E-state index is 12.0. The van der Waals surface area contributed by atoms with Gasteiger partial charge in [-0.1, -0.05) is 46.6 Å². The fraction of sp³-hybridized carbons (Fsp3) is 0.0588. The number of benzene rings is 2. The average Bonchev–Trinajstić information content (AvgIpc) is 2.91. The SMILES string of the molecule is Cc1ccc(C2=NOC(=O)/C2=C/c2ccc(Cl)cc2Cl)cc1[N+](=O)[O-]. The van der Waals surface area contributed by atoms with Gasteiger partial charge in [-0.15, -0.1) is 0 Å². The van der Waals surface area contributed by atoms with Gasteiger partial charge in [-0.3, -0.25) is 10.1 Å². The molecule has 0 N–H and O–H groups in total. The predicted molar refractivity (Wildman–Crippen MR) is 94.9 cm³/mol. The van der Waals surface area contributed by atoms with E-state index in [1.807, 2.05) is 0 Å². The lowest BCUT2D eigenvalue weighted by molar-refractivity contribution is -0.385. The van der Waals surface area contributed by atoms with Crippen LogP contribution in [0.15, 0.2) is 47.1 Å². The van der Waals surface area contributed by atoms with Crippen LogP contribution in [0.2, 0.25) is 10.0 Å². The lowest BCUT2D eigenvalue weighted by atomic mass is 9.99.